The first-order valence-electron chi connectivity index (χ1n) is 13.3. The number of hydrogen-bond donors (Lipinski definition) is 4. The van der Waals surface area contributed by atoms with Crippen LogP contribution in [-0.4, -0.2) is 53.1 Å². The number of halogens is 1. The summed E-state index contributed by atoms with van der Waals surface area (Å²) in [5.41, 5.74) is 9.87. The van der Waals surface area contributed by atoms with Gasteiger partial charge in [-0.2, -0.15) is 0 Å². The highest BCUT2D eigenvalue weighted by Gasteiger charge is 2.36. The second kappa shape index (κ2) is 14.6. The molecule has 1 aliphatic rings. The third-order valence-electron chi connectivity index (χ3n) is 7.08. The molecule has 3 atom stereocenters. The zero-order valence-corrected chi connectivity index (χ0v) is 22.7. The van der Waals surface area contributed by atoms with Gasteiger partial charge in [0.2, 0.25) is 11.8 Å². The van der Waals surface area contributed by atoms with Gasteiger partial charge in [0.05, 0.1) is 18.6 Å². The number of aliphatic hydroxyl groups is 1. The normalized spacial score (nSPS) is 17.5. The monoisotopic (exact) mass is 552 g/mol. The Morgan fingerprint density at radius 1 is 0.949 bits per heavy atom. The molecule has 2 unspecified atom stereocenters. The number of carbonyl (C=O) groups excluding carboxylic acids is 3. The van der Waals surface area contributed by atoms with Gasteiger partial charge in [-0.05, 0) is 47.7 Å². The van der Waals surface area contributed by atoms with E-state index in [0.29, 0.717) is 24.8 Å². The summed E-state index contributed by atoms with van der Waals surface area (Å²) in [6.45, 7) is -0.164. The summed E-state index contributed by atoms with van der Waals surface area (Å²) in [6, 6.07) is 22.7. The Morgan fingerprint density at radius 2 is 1.64 bits per heavy atom. The zero-order chi connectivity index (χ0) is 26.9. The van der Waals surface area contributed by atoms with Crippen LogP contribution in [0.5, 0.6) is 0 Å². The molecule has 208 valence electrons. The summed E-state index contributed by atoms with van der Waals surface area (Å²) in [5, 5.41) is 16.7. The standard InChI is InChI=1S/C30H36N4O4.ClH/c31-19-25(35)20-34(33-28(36)17-15-21-14-16-22-8-4-5-11-24(22)18-21)30(38)26-12-6-7-13-27(26)32-29(37)23-9-2-1-3-10-23;/h1-5,8-11,14,16,18,25-27,35H,6-7,12-13,15,17,19-20,31H2,(H,32,37)(H,33,36);1H/t25?,26?,27-;/m1./s1. The number of aryl methyl sites for hydroxylation is 1. The van der Waals surface area contributed by atoms with Gasteiger partial charge in [-0.15, -0.1) is 12.4 Å². The van der Waals surface area contributed by atoms with Gasteiger partial charge in [-0.3, -0.25) is 24.8 Å². The van der Waals surface area contributed by atoms with E-state index in [2.05, 4.69) is 16.8 Å². The minimum atomic E-state index is -0.985. The maximum Gasteiger partial charge on any atom is 0.251 e. The van der Waals surface area contributed by atoms with Gasteiger partial charge < -0.3 is 16.2 Å². The van der Waals surface area contributed by atoms with E-state index in [-0.39, 0.29) is 55.7 Å². The molecule has 4 rings (SSSR count). The molecule has 1 aliphatic carbocycles. The lowest BCUT2D eigenvalue weighted by Gasteiger charge is -2.35. The van der Waals surface area contributed by atoms with Gasteiger partial charge in [-0.1, -0.05) is 73.5 Å². The lowest BCUT2D eigenvalue weighted by atomic mass is 9.83. The molecule has 8 nitrogen and oxygen atoms in total. The summed E-state index contributed by atoms with van der Waals surface area (Å²) in [6.07, 6.45) is 2.70. The fourth-order valence-electron chi connectivity index (χ4n) is 4.98. The van der Waals surface area contributed by atoms with Crippen molar-refractivity contribution in [1.29, 1.82) is 0 Å². The van der Waals surface area contributed by atoms with Gasteiger partial charge in [0.15, 0.2) is 0 Å². The first kappa shape index (κ1) is 30.1. The summed E-state index contributed by atoms with van der Waals surface area (Å²) >= 11 is 0. The highest BCUT2D eigenvalue weighted by molar-refractivity contribution is 5.95. The topological polar surface area (TPSA) is 125 Å². The number of amides is 3. The number of nitrogens with zero attached hydrogens (tertiary/aromatic N) is 1. The van der Waals surface area contributed by atoms with Crippen LogP contribution in [0.3, 0.4) is 0 Å². The largest absolute Gasteiger partial charge is 0.390 e. The maximum atomic E-state index is 13.6. The molecular weight excluding hydrogens is 516 g/mol. The van der Waals surface area contributed by atoms with E-state index in [1.54, 1.807) is 24.3 Å². The lowest BCUT2D eigenvalue weighted by molar-refractivity contribution is -0.148. The van der Waals surface area contributed by atoms with Gasteiger partial charge in [0, 0.05) is 24.6 Å². The second-order valence-electron chi connectivity index (χ2n) is 9.89. The predicted octanol–water partition coefficient (Wildman–Crippen LogP) is 3.36. The van der Waals surface area contributed by atoms with Crippen molar-refractivity contribution >= 4 is 40.9 Å². The van der Waals surface area contributed by atoms with Gasteiger partial charge in [0.25, 0.3) is 5.91 Å². The van der Waals surface area contributed by atoms with Crippen molar-refractivity contribution in [3.05, 3.63) is 83.9 Å². The van der Waals surface area contributed by atoms with Crippen molar-refractivity contribution < 1.29 is 19.5 Å². The molecule has 1 fully saturated rings. The number of nitrogens with two attached hydrogens (primary N) is 1. The van der Waals surface area contributed by atoms with Crippen LogP contribution in [0.25, 0.3) is 10.8 Å². The third kappa shape index (κ3) is 8.26. The van der Waals surface area contributed by atoms with Gasteiger partial charge >= 0.3 is 0 Å². The maximum absolute atomic E-state index is 13.6. The number of benzene rings is 3. The Kier molecular flexibility index (Phi) is 11.3. The van der Waals surface area contributed by atoms with Crippen LogP contribution < -0.4 is 16.5 Å². The lowest BCUT2D eigenvalue weighted by Crippen LogP contribution is -2.56. The summed E-state index contributed by atoms with van der Waals surface area (Å²) in [7, 11) is 0. The molecule has 0 aliphatic heterocycles. The number of nitrogens with one attached hydrogen (secondary N) is 2. The summed E-state index contributed by atoms with van der Waals surface area (Å²) in [5.74, 6) is -1.39. The van der Waals surface area contributed by atoms with Crippen LogP contribution in [0.1, 0.15) is 48.0 Å². The van der Waals surface area contributed by atoms with Crippen molar-refractivity contribution in [3.8, 4) is 0 Å². The molecule has 5 N–H and O–H groups in total. The minimum Gasteiger partial charge on any atom is -0.390 e. The zero-order valence-electron chi connectivity index (χ0n) is 21.9. The van der Waals surface area contributed by atoms with E-state index < -0.39 is 12.0 Å². The van der Waals surface area contributed by atoms with E-state index in [1.807, 2.05) is 42.5 Å². The predicted molar refractivity (Wildman–Crippen MR) is 154 cm³/mol. The van der Waals surface area contributed by atoms with Crippen LogP contribution in [-0.2, 0) is 16.0 Å². The smallest absolute Gasteiger partial charge is 0.251 e. The average Bonchev–Trinajstić information content (AvgIpc) is 2.96. The molecule has 3 aromatic rings. The van der Waals surface area contributed by atoms with Crippen molar-refractivity contribution in [3.63, 3.8) is 0 Å². The van der Waals surface area contributed by atoms with Crippen LogP contribution in [0.15, 0.2) is 72.8 Å². The molecule has 3 amide bonds. The molecule has 0 spiro atoms. The fraction of sp³-hybridized carbons (Fsp3) is 0.367. The highest BCUT2D eigenvalue weighted by atomic mass is 35.5. The number of aliphatic hydroxyl groups excluding tert-OH is 1. The first-order chi connectivity index (χ1) is 18.4. The molecule has 3 aromatic carbocycles. The Morgan fingerprint density at radius 3 is 2.38 bits per heavy atom. The van der Waals surface area contributed by atoms with E-state index >= 15 is 0 Å². The number of rotatable bonds is 9. The summed E-state index contributed by atoms with van der Waals surface area (Å²) < 4.78 is 0. The Labute approximate surface area is 235 Å². The van der Waals surface area contributed by atoms with E-state index in [1.165, 1.54) is 5.01 Å². The molecule has 9 heteroatoms. The fourth-order valence-corrected chi connectivity index (χ4v) is 4.98. The average molecular weight is 553 g/mol. The SMILES string of the molecule is Cl.NCC(O)CN(NC(=O)CCc1ccc2ccccc2c1)C(=O)C1CCCC[C@H]1NC(=O)c1ccccc1. The molecular formula is C30H37ClN4O4. The van der Waals surface area contributed by atoms with Gasteiger partial charge in [0.1, 0.15) is 0 Å². The molecule has 0 radical (unpaired) electrons. The minimum absolute atomic E-state index is 0. The molecule has 0 aromatic heterocycles. The van der Waals surface area contributed by atoms with E-state index in [0.717, 1.165) is 29.2 Å². The molecule has 0 bridgehead atoms. The van der Waals surface area contributed by atoms with Crippen molar-refractivity contribution in [2.45, 2.75) is 50.7 Å². The van der Waals surface area contributed by atoms with Gasteiger partial charge in [-0.25, -0.2) is 0 Å². The van der Waals surface area contributed by atoms with Crippen molar-refractivity contribution in [2.24, 2.45) is 11.7 Å². The number of hydrogen-bond acceptors (Lipinski definition) is 5. The molecule has 39 heavy (non-hydrogen) atoms. The quantitative estimate of drug-likeness (QED) is 0.303. The Balaban J connectivity index is 0.00000420. The molecule has 0 heterocycles. The number of carbonyl (C=O) groups is 3. The highest BCUT2D eigenvalue weighted by Crippen LogP contribution is 2.27. The Bertz CT molecular complexity index is 1260. The van der Waals surface area contributed by atoms with Crippen molar-refractivity contribution in [2.75, 3.05) is 13.1 Å². The first-order valence-corrected chi connectivity index (χ1v) is 13.3. The number of fused-ring (bicyclic) bond motifs is 1. The second-order valence-corrected chi connectivity index (χ2v) is 9.89. The van der Waals surface area contributed by atoms with Crippen molar-refractivity contribution in [1.82, 2.24) is 15.8 Å². The van der Waals surface area contributed by atoms with Crippen LogP contribution >= 0.6 is 12.4 Å². The Hall–Kier alpha value is -3.46. The van der Waals surface area contributed by atoms with Crippen LogP contribution in [0, 0.1) is 5.92 Å². The van der Waals surface area contributed by atoms with Crippen LogP contribution in [0.4, 0.5) is 0 Å². The van der Waals surface area contributed by atoms with E-state index in [9.17, 15) is 19.5 Å². The molecule has 1 saturated carbocycles. The number of hydrazine groups is 1. The third-order valence-corrected chi connectivity index (χ3v) is 7.08. The molecule has 0 saturated heterocycles. The van der Waals surface area contributed by atoms with Crippen LogP contribution in [0.2, 0.25) is 0 Å². The summed E-state index contributed by atoms with van der Waals surface area (Å²) in [4.78, 5) is 39.3. The van der Waals surface area contributed by atoms with E-state index in [4.69, 9.17) is 5.73 Å².